The zero-order chi connectivity index (χ0) is 15.3. The molecular weight excluding hydrogens is 323 g/mol. The Morgan fingerprint density at radius 3 is 2.60 bits per heavy atom. The molecule has 1 aromatic carbocycles. The smallest absolute Gasteiger partial charge is 0.246 e. The molecule has 2 N–H and O–H groups in total. The van der Waals surface area contributed by atoms with Crippen molar-refractivity contribution in [1.29, 1.82) is 0 Å². The van der Waals surface area contributed by atoms with E-state index >= 15 is 0 Å². The molecule has 0 saturated heterocycles. The van der Waals surface area contributed by atoms with Gasteiger partial charge in [0.05, 0.1) is 17.3 Å². The van der Waals surface area contributed by atoms with E-state index in [1.807, 2.05) is 0 Å². The van der Waals surface area contributed by atoms with Gasteiger partial charge in [0, 0.05) is 25.2 Å². The quantitative estimate of drug-likeness (QED) is 0.612. The molecule has 20 heavy (non-hydrogen) atoms. The number of sulfonamides is 1. The minimum Gasteiger partial charge on any atom is -0.398 e. The normalized spacial score (nSPS) is 11.8. The van der Waals surface area contributed by atoms with Gasteiger partial charge >= 0.3 is 0 Å². The first kappa shape index (κ1) is 17.3. The molecule has 0 amide bonds. The van der Waals surface area contributed by atoms with Gasteiger partial charge in [-0.3, -0.25) is 0 Å². The molecule has 112 valence electrons. The molecular formula is C12H16Cl2N2O3S. The molecule has 1 aromatic rings. The van der Waals surface area contributed by atoms with Crippen LogP contribution in [0.25, 0.3) is 0 Å². The maximum absolute atomic E-state index is 12.6. The first-order valence-corrected chi connectivity index (χ1v) is 7.88. The first-order valence-electron chi connectivity index (χ1n) is 5.69. The van der Waals surface area contributed by atoms with Crippen LogP contribution in [0.4, 0.5) is 5.69 Å². The van der Waals surface area contributed by atoms with Gasteiger partial charge in [0.15, 0.2) is 0 Å². The molecule has 0 saturated carbocycles. The molecule has 0 aliphatic heterocycles. The van der Waals surface area contributed by atoms with Crippen molar-refractivity contribution < 1.29 is 13.2 Å². The van der Waals surface area contributed by atoms with Gasteiger partial charge in [-0.15, -0.1) is 6.58 Å². The van der Waals surface area contributed by atoms with Crippen LogP contribution in [0.1, 0.15) is 0 Å². The van der Waals surface area contributed by atoms with Crippen molar-refractivity contribution in [2.75, 3.05) is 32.5 Å². The molecule has 1 rings (SSSR count). The maximum atomic E-state index is 12.6. The van der Waals surface area contributed by atoms with Crippen molar-refractivity contribution in [1.82, 2.24) is 4.31 Å². The first-order chi connectivity index (χ1) is 9.34. The Morgan fingerprint density at radius 2 is 2.10 bits per heavy atom. The van der Waals surface area contributed by atoms with Crippen LogP contribution in [0.2, 0.25) is 10.0 Å². The van der Waals surface area contributed by atoms with Crippen LogP contribution in [0.15, 0.2) is 29.7 Å². The molecule has 0 aromatic heterocycles. The average molecular weight is 339 g/mol. The van der Waals surface area contributed by atoms with E-state index in [0.29, 0.717) is 0 Å². The minimum absolute atomic E-state index is 0.00831. The Hall–Kier alpha value is -0.790. The van der Waals surface area contributed by atoms with Gasteiger partial charge in [-0.25, -0.2) is 8.42 Å². The number of nitrogens with two attached hydrogens (primary N) is 1. The number of hydrogen-bond donors (Lipinski definition) is 1. The molecule has 8 heteroatoms. The zero-order valence-electron chi connectivity index (χ0n) is 11.0. The Kier molecular flexibility index (Phi) is 6.29. The summed E-state index contributed by atoms with van der Waals surface area (Å²) >= 11 is 11.8. The van der Waals surface area contributed by atoms with Crippen molar-refractivity contribution in [2.24, 2.45) is 0 Å². The molecule has 0 aliphatic carbocycles. The predicted molar refractivity (Wildman–Crippen MR) is 81.7 cm³/mol. The maximum Gasteiger partial charge on any atom is 0.246 e. The lowest BCUT2D eigenvalue weighted by molar-refractivity contribution is 0.182. The highest BCUT2D eigenvalue weighted by Crippen LogP contribution is 2.33. The summed E-state index contributed by atoms with van der Waals surface area (Å²) in [5.74, 6) is 0. The number of anilines is 1. The third-order valence-corrected chi connectivity index (χ3v) is 5.12. The average Bonchev–Trinajstić information content (AvgIpc) is 2.32. The van der Waals surface area contributed by atoms with E-state index in [9.17, 15) is 8.42 Å². The Balaban J connectivity index is 3.29. The monoisotopic (exact) mass is 338 g/mol. The molecule has 0 bridgehead atoms. The lowest BCUT2D eigenvalue weighted by Gasteiger charge is -2.22. The topological polar surface area (TPSA) is 72.6 Å². The number of methoxy groups -OCH3 is 1. The summed E-state index contributed by atoms with van der Waals surface area (Å²) in [7, 11) is -2.36. The van der Waals surface area contributed by atoms with Gasteiger partial charge in [0.1, 0.15) is 4.90 Å². The largest absolute Gasteiger partial charge is 0.398 e. The fourth-order valence-corrected chi connectivity index (χ4v) is 3.97. The number of hydrogen-bond acceptors (Lipinski definition) is 4. The summed E-state index contributed by atoms with van der Waals surface area (Å²) in [6, 6.07) is 2.69. The molecule has 5 nitrogen and oxygen atoms in total. The number of rotatable bonds is 7. The van der Waals surface area contributed by atoms with E-state index in [-0.39, 0.29) is 40.3 Å². The van der Waals surface area contributed by atoms with Crippen molar-refractivity contribution in [3.05, 3.63) is 34.8 Å². The summed E-state index contributed by atoms with van der Waals surface area (Å²) in [6.45, 7) is 4.09. The van der Waals surface area contributed by atoms with Crippen LogP contribution in [0.3, 0.4) is 0 Å². The van der Waals surface area contributed by atoms with E-state index in [1.165, 1.54) is 29.6 Å². The third kappa shape index (κ3) is 3.86. The van der Waals surface area contributed by atoms with Crippen LogP contribution >= 0.6 is 23.2 Å². The number of halogens is 2. The highest BCUT2D eigenvalue weighted by atomic mass is 35.5. The van der Waals surface area contributed by atoms with Gasteiger partial charge < -0.3 is 10.5 Å². The van der Waals surface area contributed by atoms with Gasteiger partial charge in [0.2, 0.25) is 10.0 Å². The molecule has 0 atom stereocenters. The summed E-state index contributed by atoms with van der Waals surface area (Å²) in [5, 5.41) is 0.264. The summed E-state index contributed by atoms with van der Waals surface area (Å²) in [5.41, 5.74) is 5.75. The van der Waals surface area contributed by atoms with Gasteiger partial charge in [0.25, 0.3) is 0 Å². The van der Waals surface area contributed by atoms with E-state index in [4.69, 9.17) is 33.7 Å². The standard InChI is InChI=1S/C12H16Cl2N2O3S/c1-3-4-16(5-6-19-2)20(17,18)12-10(14)7-9(13)8-11(12)15/h3,7-8H,1,4-6,15H2,2H3. The fraction of sp³-hybridized carbons (Fsp3) is 0.333. The van der Waals surface area contributed by atoms with Gasteiger partial charge in [-0.05, 0) is 12.1 Å². The molecule has 0 spiro atoms. The summed E-state index contributed by atoms with van der Waals surface area (Å²) < 4.78 is 31.3. The van der Waals surface area contributed by atoms with E-state index in [1.54, 1.807) is 0 Å². The number of benzene rings is 1. The molecule has 0 heterocycles. The predicted octanol–water partition coefficient (Wildman–Crippen LogP) is 2.40. The highest BCUT2D eigenvalue weighted by Gasteiger charge is 2.28. The summed E-state index contributed by atoms with van der Waals surface area (Å²) in [6.07, 6.45) is 1.48. The Morgan fingerprint density at radius 1 is 1.45 bits per heavy atom. The van der Waals surface area contributed by atoms with Crippen molar-refractivity contribution in [2.45, 2.75) is 4.90 Å². The lowest BCUT2D eigenvalue weighted by atomic mass is 10.3. The molecule has 0 fully saturated rings. The lowest BCUT2D eigenvalue weighted by Crippen LogP contribution is -2.34. The van der Waals surface area contributed by atoms with E-state index in [0.717, 1.165) is 0 Å². The molecule has 0 aliphatic rings. The highest BCUT2D eigenvalue weighted by molar-refractivity contribution is 7.89. The van der Waals surface area contributed by atoms with Gasteiger partial charge in [-0.1, -0.05) is 29.3 Å². The zero-order valence-corrected chi connectivity index (χ0v) is 13.3. The Labute approximate surface area is 129 Å². The van der Waals surface area contributed by atoms with Crippen LogP contribution in [-0.4, -0.2) is 39.5 Å². The van der Waals surface area contributed by atoms with Crippen LogP contribution in [-0.2, 0) is 14.8 Å². The second-order valence-electron chi connectivity index (χ2n) is 3.95. The van der Waals surface area contributed by atoms with Crippen LogP contribution in [0, 0.1) is 0 Å². The fourth-order valence-electron chi connectivity index (χ4n) is 1.63. The van der Waals surface area contributed by atoms with Crippen molar-refractivity contribution >= 4 is 38.9 Å². The molecule has 0 unspecified atom stereocenters. The number of nitrogen functional groups attached to an aromatic ring is 1. The number of ether oxygens (including phenoxy) is 1. The van der Waals surface area contributed by atoms with Crippen molar-refractivity contribution in [3.63, 3.8) is 0 Å². The second-order valence-corrected chi connectivity index (χ2v) is 6.67. The Bertz CT molecular complexity index is 567. The van der Waals surface area contributed by atoms with E-state index < -0.39 is 10.0 Å². The third-order valence-electron chi connectivity index (χ3n) is 2.51. The van der Waals surface area contributed by atoms with Crippen LogP contribution in [0.5, 0.6) is 0 Å². The number of nitrogens with zero attached hydrogens (tertiary/aromatic N) is 1. The minimum atomic E-state index is -3.85. The molecule has 0 radical (unpaired) electrons. The van der Waals surface area contributed by atoms with E-state index in [2.05, 4.69) is 6.58 Å². The summed E-state index contributed by atoms with van der Waals surface area (Å²) in [4.78, 5) is -0.151. The second kappa shape index (κ2) is 7.28. The van der Waals surface area contributed by atoms with Gasteiger partial charge in [-0.2, -0.15) is 4.31 Å². The SMILES string of the molecule is C=CCN(CCOC)S(=O)(=O)c1c(N)cc(Cl)cc1Cl. The van der Waals surface area contributed by atoms with Crippen LogP contribution < -0.4 is 5.73 Å². The van der Waals surface area contributed by atoms with Crippen molar-refractivity contribution in [3.8, 4) is 0 Å².